The monoisotopic (exact) mass is 258 g/mol. The van der Waals surface area contributed by atoms with E-state index >= 15 is 0 Å². The number of anilines is 1. The average Bonchev–Trinajstić information content (AvgIpc) is 2.90. The topological polar surface area (TPSA) is 68.3 Å². The van der Waals surface area contributed by atoms with Crippen LogP contribution in [-0.2, 0) is 13.0 Å². The van der Waals surface area contributed by atoms with Gasteiger partial charge in [-0.15, -0.1) is 0 Å². The number of amides is 1. The molecule has 100 valence electrons. The van der Waals surface area contributed by atoms with Crippen LogP contribution in [0.15, 0.2) is 34.7 Å². The van der Waals surface area contributed by atoms with E-state index in [1.165, 1.54) is 0 Å². The second-order valence-electron chi connectivity index (χ2n) is 4.43. The van der Waals surface area contributed by atoms with E-state index in [2.05, 4.69) is 5.32 Å². The molecule has 0 saturated carbocycles. The Morgan fingerprint density at radius 2 is 2.11 bits per heavy atom. The maximum absolute atomic E-state index is 12.1. The van der Waals surface area contributed by atoms with E-state index < -0.39 is 0 Å². The lowest BCUT2D eigenvalue weighted by atomic mass is 10.1. The summed E-state index contributed by atoms with van der Waals surface area (Å²) in [5.74, 6) is 0.893. The minimum absolute atomic E-state index is 0.239. The number of hydrogen-bond donors (Lipinski definition) is 2. The highest BCUT2D eigenvalue weighted by Crippen LogP contribution is 2.18. The molecule has 0 atom stereocenters. The minimum atomic E-state index is -0.239. The molecule has 0 aliphatic heterocycles. The molecular formula is C15H18N2O2. The van der Waals surface area contributed by atoms with Crippen LogP contribution in [-0.4, -0.2) is 5.91 Å². The smallest absolute Gasteiger partial charge is 0.291 e. The molecule has 1 aromatic carbocycles. The van der Waals surface area contributed by atoms with Gasteiger partial charge in [0.1, 0.15) is 5.76 Å². The molecule has 1 amide bonds. The number of hydrogen-bond acceptors (Lipinski definition) is 3. The molecule has 2 aromatic rings. The van der Waals surface area contributed by atoms with Crippen molar-refractivity contribution >= 4 is 11.6 Å². The summed E-state index contributed by atoms with van der Waals surface area (Å²) in [6.45, 7) is 4.37. The lowest BCUT2D eigenvalue weighted by Crippen LogP contribution is -2.12. The Balaban J connectivity index is 2.18. The van der Waals surface area contributed by atoms with Gasteiger partial charge in [0.15, 0.2) is 5.76 Å². The summed E-state index contributed by atoms with van der Waals surface area (Å²) in [5.41, 5.74) is 8.34. The van der Waals surface area contributed by atoms with Crippen LogP contribution in [0.5, 0.6) is 0 Å². The molecule has 1 heterocycles. The minimum Gasteiger partial charge on any atom is -0.456 e. The van der Waals surface area contributed by atoms with Gasteiger partial charge in [-0.1, -0.05) is 19.1 Å². The zero-order valence-corrected chi connectivity index (χ0v) is 11.2. The van der Waals surface area contributed by atoms with Gasteiger partial charge in [-0.25, -0.2) is 0 Å². The van der Waals surface area contributed by atoms with Crippen LogP contribution >= 0.6 is 0 Å². The molecule has 0 radical (unpaired) electrons. The molecule has 2 rings (SSSR count). The van der Waals surface area contributed by atoms with Crippen LogP contribution in [0.25, 0.3) is 0 Å². The highest BCUT2D eigenvalue weighted by atomic mass is 16.3. The molecule has 0 fully saturated rings. The van der Waals surface area contributed by atoms with E-state index in [1.807, 2.05) is 38.1 Å². The number of nitrogens with one attached hydrogen (secondary N) is 1. The molecular weight excluding hydrogens is 240 g/mol. The van der Waals surface area contributed by atoms with Crippen molar-refractivity contribution in [3.63, 3.8) is 0 Å². The van der Waals surface area contributed by atoms with E-state index in [0.717, 1.165) is 29.0 Å². The molecule has 0 bridgehead atoms. The zero-order chi connectivity index (χ0) is 13.8. The molecule has 4 nitrogen and oxygen atoms in total. The molecule has 0 aliphatic carbocycles. The van der Waals surface area contributed by atoms with Crippen molar-refractivity contribution in [2.75, 3.05) is 5.32 Å². The number of aryl methyl sites for hydroxylation is 2. The summed E-state index contributed by atoms with van der Waals surface area (Å²) in [7, 11) is 0. The molecule has 0 aliphatic rings. The number of rotatable bonds is 4. The summed E-state index contributed by atoms with van der Waals surface area (Å²) < 4.78 is 5.43. The van der Waals surface area contributed by atoms with Crippen molar-refractivity contribution < 1.29 is 9.21 Å². The Labute approximate surface area is 112 Å². The third-order valence-corrected chi connectivity index (χ3v) is 3.02. The van der Waals surface area contributed by atoms with Crippen LogP contribution in [0.4, 0.5) is 5.69 Å². The molecule has 1 aromatic heterocycles. The van der Waals surface area contributed by atoms with E-state index in [9.17, 15) is 4.79 Å². The molecule has 0 saturated heterocycles. The largest absolute Gasteiger partial charge is 0.456 e. The Hall–Kier alpha value is -2.07. The van der Waals surface area contributed by atoms with E-state index in [1.54, 1.807) is 6.07 Å². The van der Waals surface area contributed by atoms with Crippen LogP contribution in [0.2, 0.25) is 0 Å². The predicted molar refractivity (Wildman–Crippen MR) is 75.1 cm³/mol. The molecule has 19 heavy (non-hydrogen) atoms. The summed E-state index contributed by atoms with van der Waals surface area (Å²) >= 11 is 0. The SMILES string of the molecule is CCc1ccc(C(=O)Nc2cc(CN)ccc2C)o1. The fraction of sp³-hybridized carbons (Fsp3) is 0.267. The number of benzene rings is 1. The zero-order valence-electron chi connectivity index (χ0n) is 11.2. The summed E-state index contributed by atoms with van der Waals surface area (Å²) in [4.78, 5) is 12.1. The first-order valence-corrected chi connectivity index (χ1v) is 6.33. The summed E-state index contributed by atoms with van der Waals surface area (Å²) in [5, 5.41) is 2.85. The third-order valence-electron chi connectivity index (χ3n) is 3.02. The van der Waals surface area contributed by atoms with Crippen molar-refractivity contribution in [3.8, 4) is 0 Å². The number of carbonyl (C=O) groups is 1. The van der Waals surface area contributed by atoms with E-state index in [4.69, 9.17) is 10.2 Å². The number of carbonyl (C=O) groups excluding carboxylic acids is 1. The van der Waals surface area contributed by atoms with Crippen molar-refractivity contribution in [1.29, 1.82) is 0 Å². The number of furan rings is 1. The Bertz CT molecular complexity index is 588. The Morgan fingerprint density at radius 3 is 2.74 bits per heavy atom. The van der Waals surface area contributed by atoms with E-state index in [0.29, 0.717) is 12.3 Å². The van der Waals surface area contributed by atoms with Gasteiger partial charge in [0, 0.05) is 18.7 Å². The van der Waals surface area contributed by atoms with Crippen molar-refractivity contribution in [1.82, 2.24) is 0 Å². The second-order valence-corrected chi connectivity index (χ2v) is 4.43. The van der Waals surface area contributed by atoms with Gasteiger partial charge in [0.05, 0.1) is 0 Å². The summed E-state index contributed by atoms with van der Waals surface area (Å²) in [6.07, 6.45) is 0.773. The van der Waals surface area contributed by atoms with Gasteiger partial charge in [0.25, 0.3) is 5.91 Å². The van der Waals surface area contributed by atoms with Crippen molar-refractivity contribution in [2.45, 2.75) is 26.8 Å². The molecule has 0 spiro atoms. The second kappa shape index (κ2) is 5.71. The predicted octanol–water partition coefficient (Wildman–Crippen LogP) is 2.86. The fourth-order valence-corrected chi connectivity index (χ4v) is 1.80. The lowest BCUT2D eigenvalue weighted by molar-refractivity contribution is 0.0995. The average molecular weight is 258 g/mol. The van der Waals surface area contributed by atoms with Crippen molar-refractivity contribution in [3.05, 3.63) is 53.0 Å². The first kappa shape index (κ1) is 13.4. The maximum atomic E-state index is 12.1. The normalized spacial score (nSPS) is 10.5. The summed E-state index contributed by atoms with van der Waals surface area (Å²) in [6, 6.07) is 9.29. The van der Waals surface area contributed by atoms with Crippen LogP contribution in [0.3, 0.4) is 0 Å². The van der Waals surface area contributed by atoms with Gasteiger partial charge in [-0.05, 0) is 36.2 Å². The molecule has 3 N–H and O–H groups in total. The van der Waals surface area contributed by atoms with Gasteiger partial charge in [0.2, 0.25) is 0 Å². The van der Waals surface area contributed by atoms with Crippen LogP contribution in [0, 0.1) is 6.92 Å². The van der Waals surface area contributed by atoms with Gasteiger partial charge >= 0.3 is 0 Å². The Morgan fingerprint density at radius 1 is 1.32 bits per heavy atom. The van der Waals surface area contributed by atoms with E-state index in [-0.39, 0.29) is 5.91 Å². The first-order valence-electron chi connectivity index (χ1n) is 6.33. The molecule has 0 unspecified atom stereocenters. The lowest BCUT2D eigenvalue weighted by Gasteiger charge is -2.08. The highest BCUT2D eigenvalue weighted by molar-refractivity contribution is 6.02. The highest BCUT2D eigenvalue weighted by Gasteiger charge is 2.12. The third kappa shape index (κ3) is 3.03. The van der Waals surface area contributed by atoms with Crippen molar-refractivity contribution in [2.24, 2.45) is 5.73 Å². The standard InChI is InChI=1S/C15H18N2O2/c1-3-12-6-7-14(19-12)15(18)17-13-8-11(9-16)5-4-10(13)2/h4-8H,3,9,16H2,1-2H3,(H,17,18). The maximum Gasteiger partial charge on any atom is 0.291 e. The van der Waals surface area contributed by atoms with Gasteiger partial charge in [-0.2, -0.15) is 0 Å². The Kier molecular flexibility index (Phi) is 4.02. The van der Waals surface area contributed by atoms with Gasteiger partial charge in [-0.3, -0.25) is 4.79 Å². The number of nitrogens with two attached hydrogens (primary N) is 1. The first-order chi connectivity index (χ1) is 9.13. The quantitative estimate of drug-likeness (QED) is 0.886. The fourth-order valence-electron chi connectivity index (χ4n) is 1.80. The van der Waals surface area contributed by atoms with Crippen LogP contribution < -0.4 is 11.1 Å². The van der Waals surface area contributed by atoms with Gasteiger partial charge < -0.3 is 15.5 Å². The molecule has 4 heteroatoms. The van der Waals surface area contributed by atoms with Crippen LogP contribution in [0.1, 0.15) is 34.4 Å².